The highest BCUT2D eigenvalue weighted by molar-refractivity contribution is 7.17. The first kappa shape index (κ1) is 21.6. The fourth-order valence-electron chi connectivity index (χ4n) is 3.82. The molecule has 4 rings (SSSR count). The van der Waals surface area contributed by atoms with Crippen molar-refractivity contribution in [3.63, 3.8) is 0 Å². The van der Waals surface area contributed by atoms with Gasteiger partial charge in [0.1, 0.15) is 4.83 Å². The molecule has 1 atom stereocenters. The van der Waals surface area contributed by atoms with Crippen molar-refractivity contribution in [2.24, 2.45) is 0 Å². The highest BCUT2D eigenvalue weighted by Crippen LogP contribution is 2.33. The van der Waals surface area contributed by atoms with Crippen LogP contribution in [0.5, 0.6) is 0 Å². The van der Waals surface area contributed by atoms with Gasteiger partial charge in [-0.1, -0.05) is 23.8 Å². The number of aromatic nitrogens is 2. The van der Waals surface area contributed by atoms with Gasteiger partial charge in [-0.2, -0.15) is 0 Å². The minimum Gasteiger partial charge on any atom is -0.326 e. The van der Waals surface area contributed by atoms with Gasteiger partial charge in [0.05, 0.1) is 17.8 Å². The topological polar surface area (TPSA) is 81.1 Å². The lowest BCUT2D eigenvalue weighted by Crippen LogP contribution is -2.28. The molecule has 0 saturated heterocycles. The molecular formula is C25H23N3O3S. The molecular weight excluding hydrogens is 422 g/mol. The largest absolute Gasteiger partial charge is 0.326 e. The number of Topliss-reactive ketones (excluding diaryl/α,β-unsaturated/α-hetero) is 1. The smallest absolute Gasteiger partial charge is 0.263 e. The van der Waals surface area contributed by atoms with E-state index in [0.29, 0.717) is 21.5 Å². The summed E-state index contributed by atoms with van der Waals surface area (Å²) in [6, 6.07) is 12.0. The number of amides is 1. The highest BCUT2D eigenvalue weighted by atomic mass is 32.1. The number of hydrogen-bond acceptors (Lipinski definition) is 5. The van der Waals surface area contributed by atoms with Crippen LogP contribution in [-0.4, -0.2) is 21.2 Å². The van der Waals surface area contributed by atoms with Gasteiger partial charge < -0.3 is 5.32 Å². The number of carbonyl (C=O) groups excluding carboxylic acids is 2. The van der Waals surface area contributed by atoms with E-state index in [1.165, 1.54) is 29.2 Å². The maximum atomic E-state index is 13.4. The molecule has 0 bridgehead atoms. The summed E-state index contributed by atoms with van der Waals surface area (Å²) in [5.41, 5.74) is 4.91. The first-order valence-corrected chi connectivity index (χ1v) is 11.1. The van der Waals surface area contributed by atoms with E-state index in [1.807, 2.05) is 31.4 Å². The number of carbonyl (C=O) groups is 2. The summed E-state index contributed by atoms with van der Waals surface area (Å²) < 4.78 is 1.39. The number of benzene rings is 2. The number of aryl methyl sites for hydroxylation is 2. The molecule has 2 aromatic heterocycles. The summed E-state index contributed by atoms with van der Waals surface area (Å²) in [7, 11) is 0. The second-order valence-corrected chi connectivity index (χ2v) is 8.76. The molecule has 6 nitrogen and oxygen atoms in total. The van der Waals surface area contributed by atoms with Crippen molar-refractivity contribution in [1.29, 1.82) is 0 Å². The van der Waals surface area contributed by atoms with Gasteiger partial charge in [-0.3, -0.25) is 19.0 Å². The Morgan fingerprint density at radius 3 is 2.44 bits per heavy atom. The monoisotopic (exact) mass is 445 g/mol. The number of nitrogens with one attached hydrogen (secondary N) is 1. The van der Waals surface area contributed by atoms with E-state index in [1.54, 1.807) is 31.2 Å². The van der Waals surface area contributed by atoms with Crippen LogP contribution in [0, 0.1) is 13.8 Å². The molecule has 0 aliphatic heterocycles. The van der Waals surface area contributed by atoms with Crippen LogP contribution in [0.3, 0.4) is 0 Å². The SMILES string of the molecule is CC(=O)Nc1ccc(C(=O)C(C)n2cnc3scc(-c4ccc(C)cc4C)c3c2=O)cc1. The molecule has 2 aromatic carbocycles. The molecule has 0 aliphatic rings. The number of fused-ring (bicyclic) bond motifs is 1. The molecule has 0 fully saturated rings. The standard InChI is InChI=1S/C25H23N3O3S/c1-14-5-10-20(15(2)11-14)21-12-32-24-22(21)25(31)28(13-26-24)16(3)23(30)18-6-8-19(9-7-18)27-17(4)29/h5-13,16H,1-4H3,(H,27,29). The van der Waals surface area contributed by atoms with E-state index in [2.05, 4.69) is 16.4 Å². The molecule has 2 heterocycles. The molecule has 1 amide bonds. The van der Waals surface area contributed by atoms with E-state index in [9.17, 15) is 14.4 Å². The molecule has 0 spiro atoms. The van der Waals surface area contributed by atoms with Gasteiger partial charge >= 0.3 is 0 Å². The third-order valence-corrected chi connectivity index (χ3v) is 6.36. The lowest BCUT2D eigenvalue weighted by Gasteiger charge is -2.15. The maximum Gasteiger partial charge on any atom is 0.263 e. The lowest BCUT2D eigenvalue weighted by atomic mass is 9.99. The van der Waals surface area contributed by atoms with Crippen LogP contribution in [0.2, 0.25) is 0 Å². The van der Waals surface area contributed by atoms with Crippen molar-refractivity contribution >= 4 is 38.9 Å². The average Bonchev–Trinajstić information content (AvgIpc) is 3.18. The zero-order valence-electron chi connectivity index (χ0n) is 18.3. The van der Waals surface area contributed by atoms with Gasteiger partial charge in [-0.15, -0.1) is 11.3 Å². The summed E-state index contributed by atoms with van der Waals surface area (Å²) in [6.07, 6.45) is 1.45. The van der Waals surface area contributed by atoms with E-state index in [0.717, 1.165) is 22.3 Å². The molecule has 7 heteroatoms. The molecule has 0 radical (unpaired) electrons. The van der Waals surface area contributed by atoms with Gasteiger partial charge in [0.2, 0.25) is 5.91 Å². The summed E-state index contributed by atoms with van der Waals surface area (Å²) in [5, 5.41) is 5.16. The lowest BCUT2D eigenvalue weighted by molar-refractivity contribution is -0.114. The summed E-state index contributed by atoms with van der Waals surface area (Å²) in [5.74, 6) is -0.385. The predicted molar refractivity (Wildman–Crippen MR) is 129 cm³/mol. The van der Waals surface area contributed by atoms with Crippen molar-refractivity contribution in [2.45, 2.75) is 33.7 Å². The molecule has 0 saturated carbocycles. The van der Waals surface area contributed by atoms with E-state index < -0.39 is 6.04 Å². The average molecular weight is 446 g/mol. The fraction of sp³-hybridized carbons (Fsp3) is 0.200. The molecule has 162 valence electrons. The Bertz CT molecular complexity index is 1400. The predicted octanol–water partition coefficient (Wildman–Crippen LogP) is 5.14. The third kappa shape index (κ3) is 3.99. The third-order valence-electron chi connectivity index (χ3n) is 5.48. The van der Waals surface area contributed by atoms with Crippen LogP contribution in [0.15, 0.2) is 59.0 Å². The van der Waals surface area contributed by atoms with Crippen molar-refractivity contribution < 1.29 is 9.59 Å². The first-order chi connectivity index (χ1) is 15.3. The van der Waals surface area contributed by atoms with Gasteiger partial charge in [-0.25, -0.2) is 4.98 Å². The van der Waals surface area contributed by atoms with Gasteiger partial charge in [0.25, 0.3) is 5.56 Å². The number of nitrogens with zero attached hydrogens (tertiary/aromatic N) is 2. The van der Waals surface area contributed by atoms with Gasteiger partial charge in [0, 0.05) is 29.1 Å². The minimum atomic E-state index is -0.724. The molecule has 0 aliphatic carbocycles. The zero-order valence-corrected chi connectivity index (χ0v) is 19.1. The fourth-order valence-corrected chi connectivity index (χ4v) is 4.72. The van der Waals surface area contributed by atoms with E-state index in [4.69, 9.17) is 0 Å². The second-order valence-electron chi connectivity index (χ2n) is 7.90. The number of ketones is 1. The Labute approximate surface area is 189 Å². The molecule has 1 N–H and O–H groups in total. The van der Waals surface area contributed by atoms with Crippen LogP contribution in [0.4, 0.5) is 5.69 Å². The van der Waals surface area contributed by atoms with Crippen molar-refractivity contribution in [3.05, 3.63) is 81.2 Å². The second kappa shape index (κ2) is 8.51. The van der Waals surface area contributed by atoms with Crippen molar-refractivity contribution in [1.82, 2.24) is 9.55 Å². The quantitative estimate of drug-likeness (QED) is 0.431. The Hall–Kier alpha value is -3.58. The van der Waals surface area contributed by atoms with E-state index in [-0.39, 0.29) is 17.2 Å². The summed E-state index contributed by atoms with van der Waals surface area (Å²) in [4.78, 5) is 42.8. The molecule has 32 heavy (non-hydrogen) atoms. The molecule has 4 aromatic rings. The van der Waals surface area contributed by atoms with Crippen LogP contribution in [0.25, 0.3) is 21.3 Å². The Morgan fingerprint density at radius 2 is 1.78 bits per heavy atom. The Morgan fingerprint density at radius 1 is 1.06 bits per heavy atom. The van der Waals surface area contributed by atoms with Crippen LogP contribution in [0.1, 0.15) is 41.4 Å². The number of thiophene rings is 1. The van der Waals surface area contributed by atoms with E-state index >= 15 is 0 Å². The zero-order chi connectivity index (χ0) is 23.0. The highest BCUT2D eigenvalue weighted by Gasteiger charge is 2.22. The van der Waals surface area contributed by atoms with Gasteiger partial charge in [0.15, 0.2) is 5.78 Å². The normalized spacial score (nSPS) is 12.0. The van der Waals surface area contributed by atoms with Crippen LogP contribution in [-0.2, 0) is 4.79 Å². The first-order valence-electron chi connectivity index (χ1n) is 10.2. The van der Waals surface area contributed by atoms with Crippen LogP contribution >= 0.6 is 11.3 Å². The number of hydrogen-bond donors (Lipinski definition) is 1. The minimum absolute atomic E-state index is 0.182. The Kier molecular flexibility index (Phi) is 5.76. The maximum absolute atomic E-state index is 13.4. The summed E-state index contributed by atoms with van der Waals surface area (Å²) in [6.45, 7) is 7.18. The van der Waals surface area contributed by atoms with Crippen LogP contribution < -0.4 is 10.9 Å². The molecule has 1 unspecified atom stereocenters. The van der Waals surface area contributed by atoms with Gasteiger partial charge in [-0.05, 0) is 56.2 Å². The number of anilines is 1. The Balaban J connectivity index is 1.73. The van der Waals surface area contributed by atoms with Crippen molar-refractivity contribution in [2.75, 3.05) is 5.32 Å². The number of rotatable bonds is 5. The summed E-state index contributed by atoms with van der Waals surface area (Å²) >= 11 is 1.42. The van der Waals surface area contributed by atoms with Crippen molar-refractivity contribution in [3.8, 4) is 11.1 Å².